The van der Waals surface area contributed by atoms with Crippen LogP contribution in [0.25, 0.3) is 0 Å². The lowest BCUT2D eigenvalue weighted by Gasteiger charge is -2.12. The number of methoxy groups -OCH3 is 1. The molecule has 0 aliphatic carbocycles. The van der Waals surface area contributed by atoms with Gasteiger partial charge < -0.3 is 19.7 Å². The van der Waals surface area contributed by atoms with Gasteiger partial charge in [0.05, 0.1) is 39.0 Å². The molecule has 0 bridgehead atoms. The maximum Gasteiger partial charge on any atom is 0.308 e. The quantitative estimate of drug-likeness (QED) is 0.563. The topological polar surface area (TPSA) is 76.0 Å². The summed E-state index contributed by atoms with van der Waals surface area (Å²) < 4.78 is 9.41. The number of rotatable bonds is 8. The Morgan fingerprint density at radius 3 is 2.47 bits per heavy atom. The number of carbonyl (C=O) groups excluding carboxylic acids is 1. The van der Waals surface area contributed by atoms with Gasteiger partial charge in [-0.3, -0.25) is 4.79 Å². The predicted octanol–water partition coefficient (Wildman–Crippen LogP) is -0.349. The fraction of sp³-hybridized carbons (Fsp3) is 0.889. The highest BCUT2D eigenvalue weighted by Crippen LogP contribution is 1.99. The molecule has 0 fully saturated rings. The van der Waals surface area contributed by atoms with Gasteiger partial charge in [-0.25, -0.2) is 0 Å². The Bertz CT molecular complexity index is 176. The van der Waals surface area contributed by atoms with E-state index in [2.05, 4.69) is 4.74 Å². The van der Waals surface area contributed by atoms with Gasteiger partial charge in [0.2, 0.25) is 0 Å². The molecule has 0 amide bonds. The predicted molar refractivity (Wildman–Crippen MR) is 57.8 cm³/mol. The molecular formula is C9H18O5S. The summed E-state index contributed by atoms with van der Waals surface area (Å²) in [6.45, 7) is 0.194. The molecule has 0 saturated heterocycles. The van der Waals surface area contributed by atoms with Crippen LogP contribution in [-0.2, 0) is 14.3 Å². The van der Waals surface area contributed by atoms with Crippen LogP contribution in [0.5, 0.6) is 0 Å². The zero-order valence-corrected chi connectivity index (χ0v) is 9.83. The van der Waals surface area contributed by atoms with Gasteiger partial charge in [-0.1, -0.05) is 0 Å². The van der Waals surface area contributed by atoms with Crippen molar-refractivity contribution in [2.75, 3.05) is 32.3 Å². The number of aliphatic hydroxyl groups excluding tert-OH is 2. The van der Waals surface area contributed by atoms with Gasteiger partial charge in [-0.2, -0.15) is 11.8 Å². The molecule has 15 heavy (non-hydrogen) atoms. The molecule has 0 aliphatic heterocycles. The minimum absolute atomic E-state index is 0.0283. The van der Waals surface area contributed by atoms with E-state index in [1.54, 1.807) is 0 Å². The lowest BCUT2D eigenvalue weighted by atomic mass is 10.3. The van der Waals surface area contributed by atoms with Gasteiger partial charge in [-0.15, -0.1) is 0 Å². The van der Waals surface area contributed by atoms with E-state index in [1.807, 2.05) is 6.26 Å². The average Bonchev–Trinajstić information content (AvgIpc) is 2.18. The fourth-order valence-corrected chi connectivity index (χ4v) is 1.40. The van der Waals surface area contributed by atoms with Gasteiger partial charge in [0, 0.05) is 5.75 Å². The molecule has 0 saturated carbocycles. The van der Waals surface area contributed by atoms with Crippen molar-refractivity contribution in [3.05, 3.63) is 0 Å². The minimum Gasteiger partial charge on any atom is -0.469 e. The zero-order valence-electron chi connectivity index (χ0n) is 9.01. The molecule has 6 heteroatoms. The van der Waals surface area contributed by atoms with Crippen molar-refractivity contribution < 1.29 is 24.5 Å². The number of hydrogen-bond acceptors (Lipinski definition) is 6. The average molecular weight is 238 g/mol. The zero-order chi connectivity index (χ0) is 11.7. The van der Waals surface area contributed by atoms with Crippen molar-refractivity contribution in [2.45, 2.75) is 18.6 Å². The first-order chi connectivity index (χ1) is 7.10. The monoisotopic (exact) mass is 238 g/mol. The first-order valence-corrected chi connectivity index (χ1v) is 5.99. The van der Waals surface area contributed by atoms with Gasteiger partial charge in [0.15, 0.2) is 0 Å². The van der Waals surface area contributed by atoms with Crippen molar-refractivity contribution in [1.29, 1.82) is 0 Å². The van der Waals surface area contributed by atoms with Crippen LogP contribution < -0.4 is 0 Å². The first kappa shape index (κ1) is 14.7. The Kier molecular flexibility index (Phi) is 8.79. The van der Waals surface area contributed by atoms with Crippen LogP contribution in [0, 0.1) is 0 Å². The van der Waals surface area contributed by atoms with Crippen LogP contribution in [0.2, 0.25) is 0 Å². The Morgan fingerprint density at radius 2 is 1.93 bits per heavy atom. The van der Waals surface area contributed by atoms with Gasteiger partial charge in [0.1, 0.15) is 0 Å². The molecule has 0 aromatic carbocycles. The lowest BCUT2D eigenvalue weighted by Crippen LogP contribution is -2.24. The molecule has 2 atom stereocenters. The molecule has 2 unspecified atom stereocenters. The van der Waals surface area contributed by atoms with E-state index in [4.69, 9.17) is 4.74 Å². The molecule has 0 radical (unpaired) electrons. The van der Waals surface area contributed by atoms with Crippen LogP contribution in [0.1, 0.15) is 6.42 Å². The van der Waals surface area contributed by atoms with Crippen molar-refractivity contribution in [3.63, 3.8) is 0 Å². The normalized spacial score (nSPS) is 14.7. The van der Waals surface area contributed by atoms with Crippen LogP contribution in [0.15, 0.2) is 0 Å². The molecule has 5 nitrogen and oxygen atoms in total. The molecule has 0 aromatic heterocycles. The van der Waals surface area contributed by atoms with E-state index >= 15 is 0 Å². The van der Waals surface area contributed by atoms with E-state index in [0.29, 0.717) is 5.75 Å². The molecule has 0 rings (SSSR count). The maximum atomic E-state index is 10.7. The highest BCUT2D eigenvalue weighted by atomic mass is 32.2. The minimum atomic E-state index is -0.876. The van der Waals surface area contributed by atoms with Gasteiger partial charge in [-0.05, 0) is 6.26 Å². The van der Waals surface area contributed by atoms with Gasteiger partial charge in [0.25, 0.3) is 0 Å². The lowest BCUT2D eigenvalue weighted by molar-refractivity contribution is -0.143. The van der Waals surface area contributed by atoms with Crippen molar-refractivity contribution in [1.82, 2.24) is 0 Å². The molecule has 0 aromatic rings. The van der Waals surface area contributed by atoms with Crippen LogP contribution >= 0.6 is 11.8 Å². The highest BCUT2D eigenvalue weighted by molar-refractivity contribution is 7.98. The van der Waals surface area contributed by atoms with Crippen LogP contribution in [0.3, 0.4) is 0 Å². The Balaban J connectivity index is 3.45. The first-order valence-electron chi connectivity index (χ1n) is 4.59. The Hall–Kier alpha value is -0.300. The van der Waals surface area contributed by atoms with E-state index in [-0.39, 0.29) is 19.6 Å². The second kappa shape index (κ2) is 8.96. The second-order valence-corrected chi connectivity index (χ2v) is 3.99. The summed E-state index contributed by atoms with van der Waals surface area (Å²) in [5.74, 6) is 0.114. The molecule has 90 valence electrons. The maximum absolute atomic E-state index is 10.7. The molecule has 2 N–H and O–H groups in total. The Morgan fingerprint density at radius 1 is 1.33 bits per heavy atom. The summed E-state index contributed by atoms with van der Waals surface area (Å²) in [4.78, 5) is 10.7. The summed E-state index contributed by atoms with van der Waals surface area (Å²) in [5.41, 5.74) is 0. The van der Waals surface area contributed by atoms with E-state index in [0.717, 1.165) is 0 Å². The highest BCUT2D eigenvalue weighted by Gasteiger charge is 2.12. The summed E-state index contributed by atoms with van der Waals surface area (Å²) in [5, 5.41) is 18.6. The van der Waals surface area contributed by atoms with Crippen molar-refractivity contribution in [2.24, 2.45) is 0 Å². The van der Waals surface area contributed by atoms with Gasteiger partial charge >= 0.3 is 5.97 Å². The molecular weight excluding hydrogens is 220 g/mol. The summed E-state index contributed by atoms with van der Waals surface area (Å²) in [6, 6.07) is 0. The van der Waals surface area contributed by atoms with E-state index in [1.165, 1.54) is 18.9 Å². The standard InChI is InChI=1S/C9H18O5S/c1-13-9(12)3-7(10)4-14-5-8(11)6-15-2/h7-8,10-11H,3-6H2,1-2H3. The fourth-order valence-electron chi connectivity index (χ4n) is 0.915. The Labute approximate surface area is 93.8 Å². The van der Waals surface area contributed by atoms with E-state index in [9.17, 15) is 15.0 Å². The number of carbonyl (C=O) groups is 1. The smallest absolute Gasteiger partial charge is 0.308 e. The number of esters is 1. The molecule has 0 spiro atoms. The number of ether oxygens (including phenoxy) is 2. The van der Waals surface area contributed by atoms with E-state index < -0.39 is 18.2 Å². The van der Waals surface area contributed by atoms with Crippen molar-refractivity contribution >= 4 is 17.7 Å². The van der Waals surface area contributed by atoms with Crippen molar-refractivity contribution in [3.8, 4) is 0 Å². The summed E-state index contributed by atoms with van der Waals surface area (Å²) in [7, 11) is 1.26. The third kappa shape index (κ3) is 8.68. The second-order valence-electron chi connectivity index (χ2n) is 3.08. The molecule has 0 aliphatic rings. The summed E-state index contributed by atoms with van der Waals surface area (Å²) in [6.07, 6.45) is 0.383. The number of aliphatic hydroxyl groups is 2. The number of hydrogen-bond donors (Lipinski definition) is 2. The molecule has 0 heterocycles. The van der Waals surface area contributed by atoms with Crippen LogP contribution in [-0.4, -0.2) is 60.7 Å². The third-order valence-corrected chi connectivity index (χ3v) is 2.33. The third-order valence-electron chi connectivity index (χ3n) is 1.61. The van der Waals surface area contributed by atoms with Crippen LogP contribution in [0.4, 0.5) is 0 Å². The largest absolute Gasteiger partial charge is 0.469 e. The SMILES string of the molecule is COC(=O)CC(O)COCC(O)CSC. The number of thioether (sulfide) groups is 1. The summed E-state index contributed by atoms with van der Waals surface area (Å²) >= 11 is 1.52.